The molecule has 280 valence electrons. The lowest BCUT2D eigenvalue weighted by Crippen LogP contribution is -2.57. The van der Waals surface area contributed by atoms with E-state index in [0.29, 0.717) is 41.3 Å². The predicted octanol–water partition coefficient (Wildman–Crippen LogP) is 6.20. The van der Waals surface area contributed by atoms with Crippen molar-refractivity contribution in [2.45, 2.75) is 95.9 Å². The number of aromatic nitrogens is 3. The first-order valence-corrected chi connectivity index (χ1v) is 19.0. The third-order valence-corrected chi connectivity index (χ3v) is 10.4. The number of aromatic amines is 1. The fourth-order valence-electron chi connectivity index (χ4n) is 7.28. The van der Waals surface area contributed by atoms with E-state index in [4.69, 9.17) is 0 Å². The summed E-state index contributed by atoms with van der Waals surface area (Å²) in [5.41, 5.74) is 3.16. The lowest BCUT2D eigenvalue weighted by molar-refractivity contribution is -0.131. The molecule has 2 heterocycles. The van der Waals surface area contributed by atoms with Gasteiger partial charge in [0.15, 0.2) is 0 Å². The van der Waals surface area contributed by atoms with Gasteiger partial charge in [-0.25, -0.2) is 4.98 Å². The number of hydrogen-bond donors (Lipinski definition) is 5. The molecule has 4 aromatic rings. The van der Waals surface area contributed by atoms with Crippen LogP contribution in [0.3, 0.4) is 0 Å². The second kappa shape index (κ2) is 19.7. The molecule has 1 aliphatic carbocycles. The number of rotatable bonds is 18. The van der Waals surface area contributed by atoms with Crippen molar-refractivity contribution in [1.29, 1.82) is 0 Å². The summed E-state index contributed by atoms with van der Waals surface area (Å²) in [5.74, 6) is -0.583. The van der Waals surface area contributed by atoms with Crippen LogP contribution >= 0.6 is 0 Å². The zero-order chi connectivity index (χ0) is 37.6. The van der Waals surface area contributed by atoms with E-state index in [0.717, 1.165) is 31.2 Å². The van der Waals surface area contributed by atoms with Gasteiger partial charge >= 0.3 is 0 Å². The Bertz CT molecular complexity index is 1740. The number of nitrogens with zero attached hydrogens (tertiary/aromatic N) is 2. The molecule has 0 spiro atoms. The van der Waals surface area contributed by atoms with Crippen molar-refractivity contribution >= 4 is 17.7 Å². The van der Waals surface area contributed by atoms with Gasteiger partial charge in [-0.1, -0.05) is 107 Å². The van der Waals surface area contributed by atoms with Crippen LogP contribution < -0.4 is 16.0 Å². The highest BCUT2D eigenvalue weighted by molar-refractivity contribution is 6.03. The molecule has 0 radical (unpaired) electrons. The number of pyridine rings is 1. The van der Waals surface area contributed by atoms with Gasteiger partial charge in [-0.3, -0.25) is 19.4 Å². The Morgan fingerprint density at radius 2 is 1.58 bits per heavy atom. The summed E-state index contributed by atoms with van der Waals surface area (Å²) in [4.78, 5) is 54.1. The van der Waals surface area contributed by atoms with E-state index in [1.54, 1.807) is 24.5 Å². The minimum absolute atomic E-state index is 0.0846. The lowest BCUT2D eigenvalue weighted by atomic mass is 9.81. The van der Waals surface area contributed by atoms with Crippen molar-refractivity contribution in [2.24, 2.45) is 17.8 Å². The molecule has 0 bridgehead atoms. The number of imidazole rings is 1. The molecule has 10 heteroatoms. The van der Waals surface area contributed by atoms with Crippen molar-refractivity contribution in [3.05, 3.63) is 121 Å². The Kier molecular flexibility index (Phi) is 14.5. The van der Waals surface area contributed by atoms with E-state index in [1.165, 1.54) is 12.7 Å². The molecule has 5 atom stereocenters. The molecule has 2 aromatic carbocycles. The largest absolute Gasteiger partial charge is 0.391 e. The van der Waals surface area contributed by atoms with E-state index in [9.17, 15) is 19.5 Å². The monoisotopic (exact) mass is 718 g/mol. The molecule has 1 aliphatic rings. The summed E-state index contributed by atoms with van der Waals surface area (Å²) in [5, 5.41) is 20.7. The molecule has 0 unspecified atom stereocenters. The van der Waals surface area contributed by atoms with Crippen LogP contribution in [0.2, 0.25) is 0 Å². The average Bonchev–Trinajstić information content (AvgIpc) is 3.70. The Hall–Kier alpha value is -5.09. The third-order valence-electron chi connectivity index (χ3n) is 10.4. The molecule has 5 N–H and O–H groups in total. The number of aliphatic hydroxyl groups excluding tert-OH is 1. The van der Waals surface area contributed by atoms with E-state index in [2.05, 4.69) is 51.3 Å². The summed E-state index contributed by atoms with van der Waals surface area (Å²) >= 11 is 0. The maximum Gasteiger partial charge on any atom is 0.252 e. The normalized spacial score (nSPS) is 16.2. The van der Waals surface area contributed by atoms with Crippen LogP contribution in [-0.2, 0) is 22.4 Å². The molecule has 53 heavy (non-hydrogen) atoms. The van der Waals surface area contributed by atoms with Gasteiger partial charge < -0.3 is 26.0 Å². The first-order valence-electron chi connectivity index (χ1n) is 19.0. The number of carbonyl (C=O) groups is 3. The maximum absolute atomic E-state index is 14.3. The zero-order valence-electron chi connectivity index (χ0n) is 30.9. The number of hydrogen-bond acceptors (Lipinski definition) is 6. The Balaban J connectivity index is 1.39. The highest BCUT2D eigenvalue weighted by atomic mass is 16.3. The van der Waals surface area contributed by atoms with Gasteiger partial charge in [-0.15, -0.1) is 6.58 Å². The molecule has 2 aromatic heterocycles. The summed E-state index contributed by atoms with van der Waals surface area (Å²) in [6.45, 7) is 8.20. The number of aliphatic hydroxyl groups is 1. The van der Waals surface area contributed by atoms with Crippen molar-refractivity contribution < 1.29 is 19.5 Å². The summed E-state index contributed by atoms with van der Waals surface area (Å²) in [7, 11) is 0. The molecular weight excluding hydrogens is 665 g/mol. The summed E-state index contributed by atoms with van der Waals surface area (Å²) in [6.07, 6.45) is 13.0. The quantitative estimate of drug-likeness (QED) is 0.0774. The smallest absolute Gasteiger partial charge is 0.252 e. The number of allylic oxidation sites excluding steroid dienone is 1. The van der Waals surface area contributed by atoms with E-state index in [1.807, 2.05) is 66.7 Å². The van der Waals surface area contributed by atoms with Crippen LogP contribution in [0.15, 0.2) is 104 Å². The van der Waals surface area contributed by atoms with Crippen LogP contribution in [0.4, 0.5) is 0 Å². The standard InChI is InChI=1S/C43H54N6O4/c1-4-32(29(2)3)25-40(50)37(23-30-15-7-5-8-16-30)47-43(53)39(26-33-27-44-28-46-33)49-42(52)38(24-31-17-9-6-10-18-31)48-41(51)35-20-12-11-19-34(35)36-21-13-14-22-45-36/h4,6,9-14,17-22,27-30,32,37-40,50H,1,5,7-8,15-16,23-26H2,2-3H3,(H,44,46)(H,47,53)(H,48,51)(H,49,52)/t32-,37+,38+,39+,40+/m1/s1. The fraction of sp³-hybridized carbons (Fsp3) is 0.419. The van der Waals surface area contributed by atoms with Crippen molar-refractivity contribution in [3.8, 4) is 11.3 Å². The molecule has 1 fully saturated rings. The van der Waals surface area contributed by atoms with E-state index < -0.39 is 42.0 Å². The summed E-state index contributed by atoms with van der Waals surface area (Å²) in [6, 6.07) is 19.6. The first kappa shape index (κ1) is 39.1. The van der Waals surface area contributed by atoms with Crippen LogP contribution in [-0.4, -0.2) is 62.0 Å². The van der Waals surface area contributed by atoms with Crippen LogP contribution in [0.1, 0.15) is 80.4 Å². The molecule has 0 saturated heterocycles. The van der Waals surface area contributed by atoms with E-state index >= 15 is 0 Å². The van der Waals surface area contributed by atoms with Crippen molar-refractivity contribution in [3.63, 3.8) is 0 Å². The predicted molar refractivity (Wildman–Crippen MR) is 208 cm³/mol. The molecule has 1 saturated carbocycles. The molecular formula is C43H54N6O4. The van der Waals surface area contributed by atoms with Crippen molar-refractivity contribution in [2.75, 3.05) is 0 Å². The molecule has 3 amide bonds. The second-order valence-electron chi connectivity index (χ2n) is 14.6. The minimum atomic E-state index is -1.01. The highest BCUT2D eigenvalue weighted by Crippen LogP contribution is 2.30. The lowest BCUT2D eigenvalue weighted by Gasteiger charge is -2.33. The number of benzene rings is 2. The van der Waals surface area contributed by atoms with Crippen molar-refractivity contribution in [1.82, 2.24) is 30.9 Å². The van der Waals surface area contributed by atoms with Gasteiger partial charge in [0.1, 0.15) is 12.1 Å². The Morgan fingerprint density at radius 1 is 0.887 bits per heavy atom. The Labute approximate surface area is 313 Å². The molecule has 5 rings (SSSR count). The van der Waals surface area contributed by atoms with Crippen LogP contribution in [0, 0.1) is 17.8 Å². The summed E-state index contributed by atoms with van der Waals surface area (Å²) < 4.78 is 0. The van der Waals surface area contributed by atoms with Gasteiger partial charge in [0.25, 0.3) is 5.91 Å². The third kappa shape index (κ3) is 11.4. The van der Waals surface area contributed by atoms with Gasteiger partial charge in [0.2, 0.25) is 11.8 Å². The molecule has 10 nitrogen and oxygen atoms in total. The number of carbonyl (C=O) groups excluding carboxylic acids is 3. The van der Waals surface area contributed by atoms with Gasteiger partial charge in [-0.2, -0.15) is 0 Å². The topological polar surface area (TPSA) is 149 Å². The van der Waals surface area contributed by atoms with Gasteiger partial charge in [0.05, 0.1) is 24.2 Å². The minimum Gasteiger partial charge on any atom is -0.391 e. The SMILES string of the molecule is C=C[C@H](C[C@H](O)[C@H](CC1CCCCC1)NC(=O)[C@H](Cc1cnc[nH]1)NC(=O)[C@H](Cc1ccccc1)NC(=O)c1ccccc1-c1ccccn1)C(C)C. The number of nitrogens with one attached hydrogen (secondary N) is 4. The number of H-pyrrole nitrogens is 1. The van der Waals surface area contributed by atoms with Gasteiger partial charge in [-0.05, 0) is 54.4 Å². The maximum atomic E-state index is 14.3. The number of amides is 3. The van der Waals surface area contributed by atoms with Gasteiger partial charge in [0, 0.05) is 42.1 Å². The van der Waals surface area contributed by atoms with Crippen LogP contribution in [0.25, 0.3) is 11.3 Å². The van der Waals surface area contributed by atoms with E-state index in [-0.39, 0.29) is 24.7 Å². The van der Waals surface area contributed by atoms with Crippen LogP contribution in [0.5, 0.6) is 0 Å². The second-order valence-corrected chi connectivity index (χ2v) is 14.6. The highest BCUT2D eigenvalue weighted by Gasteiger charge is 2.33. The fourth-order valence-corrected chi connectivity index (χ4v) is 7.28. The first-order chi connectivity index (χ1) is 25.7. The zero-order valence-corrected chi connectivity index (χ0v) is 30.9. The Morgan fingerprint density at radius 3 is 2.26 bits per heavy atom. The average molecular weight is 719 g/mol. The molecule has 0 aliphatic heterocycles.